The fourth-order valence-corrected chi connectivity index (χ4v) is 5.03. The molecule has 2 aromatic carbocycles. The number of hydrogen-bond donors (Lipinski definition) is 0. The lowest BCUT2D eigenvalue weighted by molar-refractivity contribution is 0.585. The van der Waals surface area contributed by atoms with Crippen molar-refractivity contribution in [1.29, 1.82) is 0 Å². The van der Waals surface area contributed by atoms with Crippen LogP contribution < -0.4 is 0 Å². The van der Waals surface area contributed by atoms with E-state index in [1.807, 2.05) is 74.5 Å². The average molecular weight is 384 g/mol. The number of rotatable bonds is 6. The summed E-state index contributed by atoms with van der Waals surface area (Å²) in [5.74, 6) is 0. The number of benzene rings is 2. The maximum Gasteiger partial charge on any atom is 0.267 e. The van der Waals surface area contributed by atoms with Gasteiger partial charge in [-0.15, -0.1) is 0 Å². The molecule has 0 fully saturated rings. The molecule has 0 atom stereocenters. The Morgan fingerprint density at radius 1 is 1.00 bits per heavy atom. The second-order valence-corrected chi connectivity index (χ2v) is 8.86. The Bertz CT molecular complexity index is 1000. The minimum atomic E-state index is -3.62. The first-order valence-corrected chi connectivity index (χ1v) is 10.6. The molecular formula is C21H21NO2S2. The molecule has 0 bridgehead atoms. The topological polar surface area (TPSA) is 39.1 Å². The zero-order chi connectivity index (χ0) is 18.6. The van der Waals surface area contributed by atoms with E-state index >= 15 is 0 Å². The van der Waals surface area contributed by atoms with Crippen molar-refractivity contribution in [1.82, 2.24) is 3.97 Å². The molecular weight excluding hydrogens is 362 g/mol. The lowest BCUT2D eigenvalue weighted by Crippen LogP contribution is -2.15. The minimum absolute atomic E-state index is 0.302. The first-order valence-electron chi connectivity index (χ1n) is 8.39. The Morgan fingerprint density at radius 2 is 1.69 bits per heavy atom. The van der Waals surface area contributed by atoms with Crippen LogP contribution in [0.15, 0.2) is 93.7 Å². The molecule has 1 aromatic heterocycles. The van der Waals surface area contributed by atoms with Crippen LogP contribution in [0.25, 0.3) is 0 Å². The molecule has 0 N–H and O–H groups in total. The summed E-state index contributed by atoms with van der Waals surface area (Å²) in [6.45, 7) is 3.88. The zero-order valence-corrected chi connectivity index (χ0v) is 16.4. The van der Waals surface area contributed by atoms with Crippen LogP contribution in [-0.2, 0) is 16.4 Å². The molecule has 0 aliphatic carbocycles. The zero-order valence-electron chi connectivity index (χ0n) is 14.8. The van der Waals surface area contributed by atoms with Crippen molar-refractivity contribution in [2.24, 2.45) is 0 Å². The summed E-state index contributed by atoms with van der Waals surface area (Å²) in [4.78, 5) is 2.33. The number of hydrogen-bond acceptors (Lipinski definition) is 3. The highest BCUT2D eigenvalue weighted by Gasteiger charge is 2.21. The van der Waals surface area contributed by atoms with Crippen molar-refractivity contribution in [3.05, 3.63) is 90.3 Å². The normalized spacial score (nSPS) is 11.9. The van der Waals surface area contributed by atoms with Crippen LogP contribution >= 0.6 is 11.8 Å². The Morgan fingerprint density at radius 3 is 2.35 bits per heavy atom. The fraction of sp³-hybridized carbons (Fsp3) is 0.143. The van der Waals surface area contributed by atoms with Gasteiger partial charge in [0.05, 0.1) is 10.6 Å². The van der Waals surface area contributed by atoms with Crippen molar-refractivity contribution in [3.8, 4) is 0 Å². The van der Waals surface area contributed by atoms with E-state index in [1.54, 1.807) is 30.1 Å². The van der Waals surface area contributed by atoms with E-state index in [9.17, 15) is 8.42 Å². The standard InChI is InChI=1S/C21H21NO2S2/c1-3-4-10-20-21(25-18-8-6-5-7-9-18)15-16-22(20)26(23,24)19-13-11-17(2)12-14-19/h3-9,11-16H,10H2,1-2H3/b4-3+. The molecule has 3 rings (SSSR count). The largest absolute Gasteiger partial charge is 0.267 e. The molecule has 0 saturated carbocycles. The summed E-state index contributed by atoms with van der Waals surface area (Å²) in [7, 11) is -3.62. The summed E-state index contributed by atoms with van der Waals surface area (Å²) in [6.07, 6.45) is 6.13. The number of allylic oxidation sites excluding steroid dienone is 2. The van der Waals surface area contributed by atoms with Crippen molar-refractivity contribution in [2.75, 3.05) is 0 Å². The molecule has 1 heterocycles. The van der Waals surface area contributed by atoms with Crippen LogP contribution in [0.4, 0.5) is 0 Å². The smallest absolute Gasteiger partial charge is 0.244 e. The van der Waals surface area contributed by atoms with Crippen molar-refractivity contribution < 1.29 is 8.42 Å². The number of aryl methyl sites for hydroxylation is 1. The molecule has 5 heteroatoms. The monoisotopic (exact) mass is 383 g/mol. The van der Waals surface area contributed by atoms with Gasteiger partial charge >= 0.3 is 0 Å². The van der Waals surface area contributed by atoms with Crippen LogP contribution in [-0.4, -0.2) is 12.4 Å². The van der Waals surface area contributed by atoms with Crippen LogP contribution in [0.5, 0.6) is 0 Å². The molecule has 0 radical (unpaired) electrons. The number of nitrogens with zero attached hydrogens (tertiary/aromatic N) is 1. The molecule has 0 aliphatic heterocycles. The van der Waals surface area contributed by atoms with Crippen LogP contribution in [0, 0.1) is 6.92 Å². The van der Waals surface area contributed by atoms with Gasteiger partial charge < -0.3 is 0 Å². The molecule has 0 spiro atoms. The van der Waals surface area contributed by atoms with Gasteiger partial charge in [-0.05, 0) is 44.2 Å². The lowest BCUT2D eigenvalue weighted by atomic mass is 10.2. The Balaban J connectivity index is 2.05. The predicted molar refractivity (Wildman–Crippen MR) is 107 cm³/mol. The minimum Gasteiger partial charge on any atom is -0.244 e. The average Bonchev–Trinajstić information content (AvgIpc) is 3.04. The van der Waals surface area contributed by atoms with Gasteiger partial charge in [-0.3, -0.25) is 0 Å². The Hall–Kier alpha value is -2.24. The second kappa shape index (κ2) is 7.98. The van der Waals surface area contributed by atoms with Crippen LogP contribution in [0.1, 0.15) is 18.2 Å². The van der Waals surface area contributed by atoms with E-state index in [0.717, 1.165) is 21.0 Å². The van der Waals surface area contributed by atoms with Crippen LogP contribution in [0.2, 0.25) is 0 Å². The summed E-state index contributed by atoms with van der Waals surface area (Å²) in [5.41, 5.74) is 1.81. The fourth-order valence-electron chi connectivity index (χ4n) is 2.61. The highest BCUT2D eigenvalue weighted by molar-refractivity contribution is 7.99. The summed E-state index contributed by atoms with van der Waals surface area (Å²) in [6, 6.07) is 18.8. The third-order valence-corrected chi connectivity index (χ3v) is 6.83. The van der Waals surface area contributed by atoms with Crippen molar-refractivity contribution >= 4 is 21.8 Å². The van der Waals surface area contributed by atoms with Gasteiger partial charge in [-0.2, -0.15) is 0 Å². The van der Waals surface area contributed by atoms with E-state index in [1.165, 1.54) is 3.97 Å². The van der Waals surface area contributed by atoms with E-state index in [0.29, 0.717) is 11.3 Å². The Labute approximate surface area is 159 Å². The number of aromatic nitrogens is 1. The van der Waals surface area contributed by atoms with Gasteiger partial charge in [0.1, 0.15) is 0 Å². The maximum atomic E-state index is 13.1. The van der Waals surface area contributed by atoms with Crippen molar-refractivity contribution in [2.45, 2.75) is 35.0 Å². The quantitative estimate of drug-likeness (QED) is 0.542. The van der Waals surface area contributed by atoms with Gasteiger partial charge in [-0.25, -0.2) is 12.4 Å². The lowest BCUT2D eigenvalue weighted by Gasteiger charge is -2.11. The molecule has 0 aliphatic rings. The maximum absolute atomic E-state index is 13.1. The highest BCUT2D eigenvalue weighted by Crippen LogP contribution is 2.33. The molecule has 3 aromatic rings. The summed E-state index contributed by atoms with van der Waals surface area (Å²) < 4.78 is 27.7. The van der Waals surface area contributed by atoms with E-state index in [-0.39, 0.29) is 0 Å². The van der Waals surface area contributed by atoms with Crippen LogP contribution in [0.3, 0.4) is 0 Å². The third-order valence-electron chi connectivity index (χ3n) is 4.01. The molecule has 134 valence electrons. The van der Waals surface area contributed by atoms with Gasteiger partial charge in [0.2, 0.25) is 0 Å². The predicted octanol–water partition coefficient (Wildman–Crippen LogP) is 5.30. The Kier molecular flexibility index (Phi) is 5.69. The third kappa shape index (κ3) is 3.94. The molecule has 26 heavy (non-hydrogen) atoms. The highest BCUT2D eigenvalue weighted by atomic mass is 32.2. The molecule has 0 unspecified atom stereocenters. The molecule has 0 saturated heterocycles. The van der Waals surface area contributed by atoms with E-state index in [4.69, 9.17) is 0 Å². The molecule has 0 amide bonds. The van der Waals surface area contributed by atoms with Gasteiger partial charge in [0.25, 0.3) is 10.0 Å². The second-order valence-electron chi connectivity index (χ2n) is 5.93. The summed E-state index contributed by atoms with van der Waals surface area (Å²) >= 11 is 1.58. The molecule has 3 nitrogen and oxygen atoms in total. The van der Waals surface area contributed by atoms with Gasteiger partial charge in [0.15, 0.2) is 0 Å². The van der Waals surface area contributed by atoms with Crippen molar-refractivity contribution in [3.63, 3.8) is 0 Å². The van der Waals surface area contributed by atoms with E-state index < -0.39 is 10.0 Å². The first-order chi connectivity index (χ1) is 12.5. The van der Waals surface area contributed by atoms with E-state index in [2.05, 4.69) is 0 Å². The summed E-state index contributed by atoms with van der Waals surface area (Å²) in [5, 5.41) is 0. The van der Waals surface area contributed by atoms with Gasteiger partial charge in [-0.1, -0.05) is 59.8 Å². The van der Waals surface area contributed by atoms with Gasteiger partial charge in [0, 0.05) is 22.4 Å². The first kappa shape index (κ1) is 18.5. The SMILES string of the molecule is C/C=C/Cc1c(Sc2ccccc2)ccn1S(=O)(=O)c1ccc(C)cc1.